The average Bonchev–Trinajstić information content (AvgIpc) is 2.68. The zero-order valence-corrected chi connectivity index (χ0v) is 11.9. The van der Waals surface area contributed by atoms with E-state index in [4.69, 9.17) is 9.47 Å². The Kier molecular flexibility index (Phi) is 3.97. The summed E-state index contributed by atoms with van der Waals surface area (Å²) in [4.78, 5) is 23.3. The number of benzene rings is 1. The van der Waals surface area contributed by atoms with Crippen LogP contribution in [-0.4, -0.2) is 23.7 Å². The smallest absolute Gasteiger partial charge is 0.408 e. The van der Waals surface area contributed by atoms with Crippen molar-refractivity contribution < 1.29 is 19.1 Å². The van der Waals surface area contributed by atoms with Gasteiger partial charge in [-0.05, 0) is 26.3 Å². The minimum Gasteiger partial charge on any atom is -0.455 e. The van der Waals surface area contributed by atoms with Gasteiger partial charge < -0.3 is 14.8 Å². The van der Waals surface area contributed by atoms with Crippen LogP contribution in [0.3, 0.4) is 0 Å². The molecule has 20 heavy (non-hydrogen) atoms. The van der Waals surface area contributed by atoms with Crippen molar-refractivity contribution in [3.05, 3.63) is 35.9 Å². The number of carbonyl (C=O) groups excluding carboxylic acids is 2. The summed E-state index contributed by atoms with van der Waals surface area (Å²) < 4.78 is 10.5. The number of nitrogens with one attached hydrogen (secondary N) is 1. The molecule has 1 aliphatic rings. The first kappa shape index (κ1) is 14.4. The molecule has 1 aliphatic heterocycles. The van der Waals surface area contributed by atoms with E-state index in [0.29, 0.717) is 0 Å². The van der Waals surface area contributed by atoms with E-state index in [1.54, 1.807) is 20.8 Å². The number of hydrogen-bond acceptors (Lipinski definition) is 4. The molecule has 1 heterocycles. The Bertz CT molecular complexity index is 492. The second kappa shape index (κ2) is 5.53. The van der Waals surface area contributed by atoms with Crippen molar-refractivity contribution in [1.82, 2.24) is 5.32 Å². The van der Waals surface area contributed by atoms with Crippen LogP contribution in [0.4, 0.5) is 4.79 Å². The highest BCUT2D eigenvalue weighted by atomic mass is 16.6. The molecule has 1 saturated heterocycles. The van der Waals surface area contributed by atoms with Gasteiger partial charge in [0.15, 0.2) is 0 Å². The van der Waals surface area contributed by atoms with Gasteiger partial charge in [-0.2, -0.15) is 0 Å². The third-order valence-corrected chi connectivity index (χ3v) is 2.84. The van der Waals surface area contributed by atoms with Crippen molar-refractivity contribution >= 4 is 12.1 Å². The van der Waals surface area contributed by atoms with E-state index in [2.05, 4.69) is 5.32 Å². The fourth-order valence-corrected chi connectivity index (χ4v) is 2.09. The van der Waals surface area contributed by atoms with Gasteiger partial charge in [0, 0.05) is 0 Å². The van der Waals surface area contributed by atoms with Crippen molar-refractivity contribution in [1.29, 1.82) is 0 Å². The fourth-order valence-electron chi connectivity index (χ4n) is 2.09. The molecule has 2 atom stereocenters. The second-order valence-corrected chi connectivity index (χ2v) is 5.78. The molecule has 0 saturated carbocycles. The summed E-state index contributed by atoms with van der Waals surface area (Å²) in [5.74, 6) is -0.320. The molecule has 5 heteroatoms. The Morgan fingerprint density at radius 2 is 1.95 bits per heavy atom. The number of alkyl carbamates (subject to hydrolysis) is 1. The maximum Gasteiger partial charge on any atom is 0.408 e. The van der Waals surface area contributed by atoms with E-state index in [1.807, 2.05) is 30.3 Å². The van der Waals surface area contributed by atoms with E-state index in [1.165, 1.54) is 0 Å². The van der Waals surface area contributed by atoms with Gasteiger partial charge in [-0.15, -0.1) is 0 Å². The molecule has 1 N–H and O–H groups in total. The summed E-state index contributed by atoms with van der Waals surface area (Å²) in [6.07, 6.45) is -0.850. The lowest BCUT2D eigenvalue weighted by molar-refractivity contribution is -0.141. The van der Waals surface area contributed by atoms with E-state index in [-0.39, 0.29) is 12.4 Å². The van der Waals surface area contributed by atoms with Gasteiger partial charge in [-0.1, -0.05) is 30.3 Å². The van der Waals surface area contributed by atoms with Crippen molar-refractivity contribution in [2.75, 3.05) is 0 Å². The standard InChI is InChI=1S/C15H19NO4/c1-15(2,3)20-14(18)16-11-9-12(17)19-13(11)10-7-5-4-6-8-10/h4-8,11,13H,9H2,1-3H3,(H,16,18)/t11-,13-/m0/s1. The van der Waals surface area contributed by atoms with Gasteiger partial charge in [-0.3, -0.25) is 4.79 Å². The van der Waals surface area contributed by atoms with Crippen LogP contribution in [0.15, 0.2) is 30.3 Å². The van der Waals surface area contributed by atoms with Crippen LogP contribution in [0, 0.1) is 0 Å². The summed E-state index contributed by atoms with van der Waals surface area (Å²) >= 11 is 0. The highest BCUT2D eigenvalue weighted by Gasteiger charge is 2.37. The molecule has 0 unspecified atom stereocenters. The maximum absolute atomic E-state index is 11.8. The van der Waals surface area contributed by atoms with E-state index in [0.717, 1.165) is 5.56 Å². The van der Waals surface area contributed by atoms with E-state index in [9.17, 15) is 9.59 Å². The van der Waals surface area contributed by atoms with Crippen LogP contribution in [0.1, 0.15) is 38.9 Å². The van der Waals surface area contributed by atoms with Crippen molar-refractivity contribution in [3.63, 3.8) is 0 Å². The third kappa shape index (κ3) is 3.73. The lowest BCUT2D eigenvalue weighted by Gasteiger charge is -2.23. The largest absolute Gasteiger partial charge is 0.455 e. The van der Waals surface area contributed by atoms with Gasteiger partial charge in [0.2, 0.25) is 0 Å². The van der Waals surface area contributed by atoms with Crippen LogP contribution in [0.2, 0.25) is 0 Å². The minimum atomic E-state index is -0.574. The fraction of sp³-hybridized carbons (Fsp3) is 0.467. The zero-order chi connectivity index (χ0) is 14.8. The number of esters is 1. The zero-order valence-electron chi connectivity index (χ0n) is 11.9. The van der Waals surface area contributed by atoms with Crippen LogP contribution in [-0.2, 0) is 14.3 Å². The quantitative estimate of drug-likeness (QED) is 0.844. The van der Waals surface area contributed by atoms with Gasteiger partial charge in [0.1, 0.15) is 11.7 Å². The molecule has 0 aliphatic carbocycles. The van der Waals surface area contributed by atoms with E-state index < -0.39 is 23.8 Å². The van der Waals surface area contributed by atoms with Gasteiger partial charge in [-0.25, -0.2) is 4.79 Å². The average molecular weight is 277 g/mol. The first-order chi connectivity index (χ1) is 9.35. The Balaban J connectivity index is 2.06. The Labute approximate surface area is 118 Å². The lowest BCUT2D eigenvalue weighted by atomic mass is 10.0. The van der Waals surface area contributed by atoms with Crippen molar-refractivity contribution in [2.24, 2.45) is 0 Å². The third-order valence-electron chi connectivity index (χ3n) is 2.84. The normalized spacial score (nSPS) is 22.2. The molecule has 1 aromatic rings. The molecule has 0 radical (unpaired) electrons. The number of ether oxygens (including phenoxy) is 2. The first-order valence-corrected chi connectivity index (χ1v) is 6.59. The highest BCUT2D eigenvalue weighted by molar-refractivity contribution is 5.76. The first-order valence-electron chi connectivity index (χ1n) is 6.59. The number of rotatable bonds is 2. The molecule has 0 aromatic heterocycles. The molecule has 1 aromatic carbocycles. The predicted molar refractivity (Wildman–Crippen MR) is 73.0 cm³/mol. The maximum atomic E-state index is 11.8. The Morgan fingerprint density at radius 3 is 2.55 bits per heavy atom. The molecule has 108 valence electrons. The Morgan fingerprint density at radius 1 is 1.30 bits per heavy atom. The number of cyclic esters (lactones) is 1. The highest BCUT2D eigenvalue weighted by Crippen LogP contribution is 2.30. The van der Waals surface area contributed by atoms with Crippen LogP contribution < -0.4 is 5.32 Å². The molecule has 0 bridgehead atoms. The number of carbonyl (C=O) groups is 2. The number of amides is 1. The SMILES string of the molecule is CC(C)(C)OC(=O)N[C@H]1CC(=O)O[C@H]1c1ccccc1. The predicted octanol–water partition coefficient (Wildman–Crippen LogP) is 2.57. The molecule has 1 fully saturated rings. The van der Waals surface area contributed by atoms with Crippen LogP contribution in [0.5, 0.6) is 0 Å². The van der Waals surface area contributed by atoms with Gasteiger partial charge >= 0.3 is 12.1 Å². The summed E-state index contributed by atoms with van der Waals surface area (Å²) in [5, 5.41) is 2.71. The minimum absolute atomic E-state index is 0.152. The topological polar surface area (TPSA) is 64.6 Å². The molecule has 1 amide bonds. The molecular weight excluding hydrogens is 258 g/mol. The number of hydrogen-bond donors (Lipinski definition) is 1. The summed E-state index contributed by atoms with van der Waals surface area (Å²) in [5.41, 5.74) is 0.287. The summed E-state index contributed by atoms with van der Waals surface area (Å²) in [6.45, 7) is 5.37. The van der Waals surface area contributed by atoms with Crippen molar-refractivity contribution in [2.45, 2.75) is 44.9 Å². The lowest BCUT2D eigenvalue weighted by Crippen LogP contribution is -2.40. The van der Waals surface area contributed by atoms with Gasteiger partial charge in [0.05, 0.1) is 12.5 Å². The second-order valence-electron chi connectivity index (χ2n) is 5.78. The molecule has 2 rings (SSSR count). The van der Waals surface area contributed by atoms with Crippen LogP contribution in [0.25, 0.3) is 0 Å². The summed E-state index contributed by atoms with van der Waals surface area (Å²) in [6, 6.07) is 8.95. The molecule has 0 spiro atoms. The molecular formula is C15H19NO4. The van der Waals surface area contributed by atoms with Gasteiger partial charge in [0.25, 0.3) is 0 Å². The van der Waals surface area contributed by atoms with E-state index >= 15 is 0 Å². The Hall–Kier alpha value is -2.04. The monoisotopic (exact) mass is 277 g/mol. The molecule has 5 nitrogen and oxygen atoms in total. The summed E-state index contributed by atoms with van der Waals surface area (Å²) in [7, 11) is 0. The van der Waals surface area contributed by atoms with Crippen molar-refractivity contribution in [3.8, 4) is 0 Å². The van der Waals surface area contributed by atoms with Crippen LogP contribution >= 0.6 is 0 Å².